The average Bonchev–Trinajstić information content (AvgIpc) is 2.81. The molecule has 0 atom stereocenters. The molecule has 2 aliphatic heterocycles. The lowest BCUT2D eigenvalue weighted by atomic mass is 9.90. The molecule has 106 valence electrons. The molecule has 0 radical (unpaired) electrons. The predicted octanol–water partition coefficient (Wildman–Crippen LogP) is 3.12. The molecule has 0 aromatic heterocycles. The maximum atomic E-state index is 5.74. The molecule has 2 saturated heterocycles. The lowest BCUT2D eigenvalue weighted by Gasteiger charge is -2.29. The summed E-state index contributed by atoms with van der Waals surface area (Å²) < 4.78 is 32.8. The molecule has 0 bridgehead atoms. The summed E-state index contributed by atoms with van der Waals surface area (Å²) in [6, 6.07) is 0. The molecule has 2 fully saturated rings. The first kappa shape index (κ1) is 15.0. The zero-order chi connectivity index (χ0) is 13.2. The van der Waals surface area contributed by atoms with E-state index < -0.39 is 17.2 Å². The molecule has 2 aliphatic rings. The van der Waals surface area contributed by atoms with E-state index in [1.54, 1.807) is 0 Å². The van der Waals surface area contributed by atoms with Crippen LogP contribution < -0.4 is 0 Å². The van der Waals surface area contributed by atoms with Gasteiger partial charge in [-0.15, -0.1) is 0 Å². The summed E-state index contributed by atoms with van der Waals surface area (Å²) >= 11 is 0. The minimum absolute atomic E-state index is 0.346. The van der Waals surface area contributed by atoms with Crippen molar-refractivity contribution in [3.05, 3.63) is 0 Å². The lowest BCUT2D eigenvalue weighted by Crippen LogP contribution is -2.41. The molecule has 0 saturated carbocycles. The summed E-state index contributed by atoms with van der Waals surface area (Å²) in [5.74, 6) is 0. The van der Waals surface area contributed by atoms with Crippen LogP contribution in [0.4, 0.5) is 0 Å². The fourth-order valence-corrected chi connectivity index (χ4v) is 3.67. The van der Waals surface area contributed by atoms with Gasteiger partial charge in [0.2, 0.25) is 0 Å². The molecule has 0 N–H and O–H groups in total. The molecule has 0 aromatic carbocycles. The van der Waals surface area contributed by atoms with E-state index in [2.05, 4.69) is 0 Å². The van der Waals surface area contributed by atoms with E-state index >= 15 is 0 Å². The Morgan fingerprint density at radius 1 is 0.833 bits per heavy atom. The number of hydrogen-bond acceptors (Lipinski definition) is 6. The third-order valence-corrected chi connectivity index (χ3v) is 5.79. The predicted molar refractivity (Wildman–Crippen MR) is 68.0 cm³/mol. The zero-order valence-electron chi connectivity index (χ0n) is 11.2. The molecule has 0 aliphatic carbocycles. The van der Waals surface area contributed by atoms with Crippen molar-refractivity contribution in [2.24, 2.45) is 0 Å². The first-order valence-electron chi connectivity index (χ1n) is 5.91. The highest BCUT2D eigenvalue weighted by Crippen LogP contribution is 2.58. The van der Waals surface area contributed by atoms with Crippen molar-refractivity contribution < 1.29 is 27.1 Å². The van der Waals surface area contributed by atoms with Crippen LogP contribution in [-0.2, 0) is 27.1 Å². The monoisotopic (exact) mass is 298 g/mol. The Bertz CT molecular complexity index is 264. The lowest BCUT2D eigenvalue weighted by molar-refractivity contribution is 0.00578. The van der Waals surface area contributed by atoms with Crippen molar-refractivity contribution >= 4 is 17.2 Å². The second-order valence-corrected chi connectivity index (χ2v) is 7.28. The first-order valence-corrected chi connectivity index (χ1v) is 8.10. The van der Waals surface area contributed by atoms with Crippen molar-refractivity contribution in [2.75, 3.05) is 26.4 Å². The van der Waals surface area contributed by atoms with Gasteiger partial charge in [-0.05, 0) is 27.7 Å². The molecule has 6 nitrogen and oxygen atoms in total. The van der Waals surface area contributed by atoms with Gasteiger partial charge in [0.1, 0.15) is 11.2 Å². The van der Waals surface area contributed by atoms with E-state index in [1.165, 1.54) is 0 Å². The third-order valence-electron chi connectivity index (χ3n) is 3.01. The SMILES string of the molecule is CC1(C)OP(OCCOP2OCCO2)OC1(C)C. The van der Waals surface area contributed by atoms with Crippen LogP contribution in [0.2, 0.25) is 0 Å². The van der Waals surface area contributed by atoms with E-state index in [0.29, 0.717) is 26.4 Å². The van der Waals surface area contributed by atoms with Crippen LogP contribution in [0.3, 0.4) is 0 Å². The fraction of sp³-hybridized carbons (Fsp3) is 1.00. The maximum absolute atomic E-state index is 5.74. The number of hydrogen-bond donors (Lipinski definition) is 0. The number of rotatable bonds is 5. The molecule has 0 unspecified atom stereocenters. The van der Waals surface area contributed by atoms with Crippen LogP contribution in [0.1, 0.15) is 27.7 Å². The average molecular weight is 298 g/mol. The Labute approximate surface area is 110 Å². The van der Waals surface area contributed by atoms with Crippen molar-refractivity contribution in [3.63, 3.8) is 0 Å². The van der Waals surface area contributed by atoms with E-state index in [9.17, 15) is 0 Å². The smallest absolute Gasteiger partial charge is 0.310 e. The molecular formula is C10H20O6P2. The molecule has 0 amide bonds. The van der Waals surface area contributed by atoms with Gasteiger partial charge in [0.05, 0.1) is 26.4 Å². The van der Waals surface area contributed by atoms with Gasteiger partial charge in [-0.3, -0.25) is 0 Å². The van der Waals surface area contributed by atoms with Crippen molar-refractivity contribution in [2.45, 2.75) is 38.9 Å². The zero-order valence-corrected chi connectivity index (χ0v) is 13.0. The highest BCUT2D eigenvalue weighted by Gasteiger charge is 2.51. The molecular weight excluding hydrogens is 278 g/mol. The van der Waals surface area contributed by atoms with E-state index in [1.807, 2.05) is 27.7 Å². The first-order chi connectivity index (χ1) is 8.41. The molecule has 2 heterocycles. The topological polar surface area (TPSA) is 55.4 Å². The van der Waals surface area contributed by atoms with Crippen molar-refractivity contribution in [1.82, 2.24) is 0 Å². The van der Waals surface area contributed by atoms with Crippen molar-refractivity contribution in [3.8, 4) is 0 Å². The normalized spacial score (nSPS) is 28.0. The van der Waals surface area contributed by atoms with Crippen LogP contribution in [0.25, 0.3) is 0 Å². The minimum Gasteiger partial charge on any atom is -0.310 e. The Balaban J connectivity index is 1.63. The van der Waals surface area contributed by atoms with E-state index in [-0.39, 0.29) is 11.2 Å². The molecule has 8 heteroatoms. The van der Waals surface area contributed by atoms with Crippen LogP contribution in [0.5, 0.6) is 0 Å². The summed E-state index contributed by atoms with van der Waals surface area (Å²) in [6.45, 7) is 10.0. The molecule has 0 aromatic rings. The van der Waals surface area contributed by atoms with Gasteiger partial charge in [-0.2, -0.15) is 0 Å². The van der Waals surface area contributed by atoms with Gasteiger partial charge in [0.25, 0.3) is 0 Å². The van der Waals surface area contributed by atoms with Gasteiger partial charge >= 0.3 is 17.2 Å². The minimum atomic E-state index is -1.30. The van der Waals surface area contributed by atoms with Gasteiger partial charge in [-0.1, -0.05) is 0 Å². The Kier molecular flexibility index (Phi) is 4.96. The summed E-state index contributed by atoms with van der Waals surface area (Å²) in [7, 11) is -2.46. The summed E-state index contributed by atoms with van der Waals surface area (Å²) in [5, 5.41) is 0. The maximum Gasteiger partial charge on any atom is 0.334 e. The highest BCUT2D eigenvalue weighted by molar-refractivity contribution is 7.42. The van der Waals surface area contributed by atoms with Gasteiger partial charge in [0, 0.05) is 0 Å². The van der Waals surface area contributed by atoms with E-state index in [4.69, 9.17) is 27.1 Å². The van der Waals surface area contributed by atoms with Crippen LogP contribution >= 0.6 is 17.2 Å². The highest BCUT2D eigenvalue weighted by atomic mass is 31.2. The molecule has 2 rings (SSSR count). The molecule has 0 spiro atoms. The van der Waals surface area contributed by atoms with Crippen LogP contribution in [0.15, 0.2) is 0 Å². The van der Waals surface area contributed by atoms with Gasteiger partial charge in [0.15, 0.2) is 0 Å². The van der Waals surface area contributed by atoms with Gasteiger partial charge < -0.3 is 27.1 Å². The summed E-state index contributed by atoms with van der Waals surface area (Å²) in [6.07, 6.45) is 0. The van der Waals surface area contributed by atoms with E-state index in [0.717, 1.165) is 0 Å². The second kappa shape index (κ2) is 5.94. The quantitative estimate of drug-likeness (QED) is 0.574. The second-order valence-electron chi connectivity index (χ2n) is 4.98. The van der Waals surface area contributed by atoms with Crippen molar-refractivity contribution in [1.29, 1.82) is 0 Å². The van der Waals surface area contributed by atoms with Crippen LogP contribution in [0, 0.1) is 0 Å². The van der Waals surface area contributed by atoms with Crippen LogP contribution in [-0.4, -0.2) is 37.6 Å². The standard InChI is InChI=1S/C10H20O6P2/c1-9(2)10(3,4)16-18(15-9)14-8-7-13-17-11-5-6-12-17/h5-8H2,1-4H3. The molecule has 18 heavy (non-hydrogen) atoms. The Hall–Kier alpha value is 0.620. The summed E-state index contributed by atoms with van der Waals surface area (Å²) in [4.78, 5) is 0. The van der Waals surface area contributed by atoms with Gasteiger partial charge in [-0.25, -0.2) is 0 Å². The fourth-order valence-electron chi connectivity index (χ4n) is 1.22. The largest absolute Gasteiger partial charge is 0.334 e. The Morgan fingerprint density at radius 3 is 1.78 bits per heavy atom. The Morgan fingerprint density at radius 2 is 1.28 bits per heavy atom. The summed E-state index contributed by atoms with van der Waals surface area (Å²) in [5.41, 5.74) is -0.692. The third kappa shape index (κ3) is 3.59.